The lowest BCUT2D eigenvalue weighted by Gasteiger charge is -2.21. The van der Waals surface area contributed by atoms with Crippen molar-refractivity contribution < 1.29 is 9.59 Å². The molecule has 2 aliphatic rings. The van der Waals surface area contributed by atoms with Crippen LogP contribution in [0.15, 0.2) is 55.4 Å². The number of carbonyl (C=O) groups excluding carboxylic acids is 2. The zero-order valence-corrected chi connectivity index (χ0v) is 18.1. The van der Waals surface area contributed by atoms with Crippen LogP contribution in [0, 0.1) is 11.8 Å². The number of H-pyrrole nitrogens is 2. The maximum atomic E-state index is 12.1. The summed E-state index contributed by atoms with van der Waals surface area (Å²) in [7, 11) is 0. The largest absolute Gasteiger partial charge is 0.361 e. The van der Waals surface area contributed by atoms with Gasteiger partial charge in [0.1, 0.15) is 5.69 Å². The summed E-state index contributed by atoms with van der Waals surface area (Å²) in [6.07, 6.45) is 6.01. The Morgan fingerprint density at radius 1 is 1.06 bits per heavy atom. The number of benzene rings is 1. The molecule has 5 rings (SSSR count). The number of hydrogen-bond acceptors (Lipinski definition) is 3. The summed E-state index contributed by atoms with van der Waals surface area (Å²) < 4.78 is 0. The summed E-state index contributed by atoms with van der Waals surface area (Å²) in [5, 5.41) is 4.19. The van der Waals surface area contributed by atoms with Crippen molar-refractivity contribution in [2.24, 2.45) is 11.8 Å². The molecule has 0 unspecified atom stereocenters. The van der Waals surface area contributed by atoms with Gasteiger partial charge in [-0.3, -0.25) is 14.5 Å². The highest BCUT2D eigenvalue weighted by molar-refractivity contribution is 5.92. The van der Waals surface area contributed by atoms with E-state index in [2.05, 4.69) is 51.2 Å². The number of aromatic nitrogens is 2. The van der Waals surface area contributed by atoms with Gasteiger partial charge in [-0.25, -0.2) is 0 Å². The molecule has 4 heterocycles. The van der Waals surface area contributed by atoms with E-state index in [0.29, 0.717) is 24.1 Å². The first-order valence-corrected chi connectivity index (χ1v) is 11.3. The highest BCUT2D eigenvalue weighted by Gasteiger charge is 2.40. The molecule has 2 atom stereocenters. The van der Waals surface area contributed by atoms with Crippen LogP contribution in [-0.4, -0.2) is 64.3 Å². The van der Waals surface area contributed by atoms with Gasteiger partial charge in [0.2, 0.25) is 5.91 Å². The second kappa shape index (κ2) is 8.67. The van der Waals surface area contributed by atoms with E-state index in [-0.39, 0.29) is 11.8 Å². The fourth-order valence-corrected chi connectivity index (χ4v) is 5.26. The number of rotatable bonds is 7. The van der Waals surface area contributed by atoms with E-state index in [1.54, 1.807) is 12.3 Å². The molecule has 0 radical (unpaired) electrons. The fourth-order valence-electron chi connectivity index (χ4n) is 5.26. The van der Waals surface area contributed by atoms with Crippen molar-refractivity contribution >= 4 is 22.7 Å². The molecule has 2 saturated heterocycles. The third-order valence-corrected chi connectivity index (χ3v) is 6.85. The molecule has 1 aromatic carbocycles. The molecule has 32 heavy (non-hydrogen) atoms. The van der Waals surface area contributed by atoms with Crippen LogP contribution in [0.1, 0.15) is 21.6 Å². The van der Waals surface area contributed by atoms with Crippen LogP contribution >= 0.6 is 0 Å². The van der Waals surface area contributed by atoms with E-state index in [9.17, 15) is 9.59 Å². The summed E-state index contributed by atoms with van der Waals surface area (Å²) in [5.41, 5.74) is 4.27. The van der Waals surface area contributed by atoms with Crippen LogP contribution in [0.4, 0.5) is 0 Å². The summed E-state index contributed by atoms with van der Waals surface area (Å²) in [6.45, 7) is 8.85. The summed E-state index contributed by atoms with van der Waals surface area (Å²) in [6, 6.07) is 10.1. The smallest absolute Gasteiger partial charge is 0.267 e. The van der Waals surface area contributed by atoms with Gasteiger partial charge in [-0.15, -0.1) is 0 Å². The number of hydrogen-bond donors (Lipinski definition) is 3. The first-order chi connectivity index (χ1) is 15.6. The van der Waals surface area contributed by atoms with Gasteiger partial charge in [-0.2, -0.15) is 0 Å². The van der Waals surface area contributed by atoms with Crippen molar-refractivity contribution in [2.75, 3.05) is 32.7 Å². The van der Waals surface area contributed by atoms with E-state index >= 15 is 0 Å². The molecule has 2 amide bonds. The lowest BCUT2D eigenvalue weighted by molar-refractivity contribution is -0.125. The third kappa shape index (κ3) is 3.96. The van der Waals surface area contributed by atoms with Crippen LogP contribution in [-0.2, 0) is 17.8 Å². The lowest BCUT2D eigenvalue weighted by Crippen LogP contribution is -2.32. The summed E-state index contributed by atoms with van der Waals surface area (Å²) in [5.74, 6) is 1.09. The van der Waals surface area contributed by atoms with E-state index in [1.165, 1.54) is 28.1 Å². The molecule has 0 aliphatic carbocycles. The predicted octanol–water partition coefficient (Wildman–Crippen LogP) is 2.54. The van der Waals surface area contributed by atoms with Crippen LogP contribution in [0.3, 0.4) is 0 Å². The Labute approximate surface area is 187 Å². The van der Waals surface area contributed by atoms with Crippen LogP contribution in [0.5, 0.6) is 0 Å². The number of nitrogens with one attached hydrogen (secondary N) is 3. The predicted molar refractivity (Wildman–Crippen MR) is 124 cm³/mol. The molecule has 7 nitrogen and oxygen atoms in total. The molecule has 2 aromatic heterocycles. The summed E-state index contributed by atoms with van der Waals surface area (Å²) >= 11 is 0. The van der Waals surface area contributed by atoms with Crippen molar-refractivity contribution in [2.45, 2.75) is 13.0 Å². The van der Waals surface area contributed by atoms with Gasteiger partial charge in [-0.05, 0) is 47.6 Å². The molecule has 0 saturated carbocycles. The maximum Gasteiger partial charge on any atom is 0.267 e. The Balaban J connectivity index is 1.20. The van der Waals surface area contributed by atoms with Crippen molar-refractivity contribution in [3.8, 4) is 0 Å². The number of para-hydroxylation sites is 1. The SMILES string of the molecule is C=CC(=O)N1C[C@H]2CN(Cc3cccc4c(CCNC(=O)c5ccc[nH]5)c[nH]c34)C[C@H]2C1. The van der Waals surface area contributed by atoms with Crippen molar-refractivity contribution in [3.63, 3.8) is 0 Å². The topological polar surface area (TPSA) is 84.2 Å². The minimum absolute atomic E-state index is 0.0544. The van der Waals surface area contributed by atoms with Gasteiger partial charge < -0.3 is 20.2 Å². The quantitative estimate of drug-likeness (QED) is 0.503. The Hall–Kier alpha value is -3.32. The zero-order chi connectivity index (χ0) is 22.1. The normalized spacial score (nSPS) is 20.6. The first-order valence-electron chi connectivity index (χ1n) is 11.3. The Kier molecular flexibility index (Phi) is 5.57. The Morgan fingerprint density at radius 3 is 2.59 bits per heavy atom. The fraction of sp³-hybridized carbons (Fsp3) is 0.360. The van der Waals surface area contributed by atoms with Crippen LogP contribution in [0.2, 0.25) is 0 Å². The third-order valence-electron chi connectivity index (χ3n) is 6.85. The van der Waals surface area contributed by atoms with Crippen molar-refractivity contribution in [1.29, 1.82) is 0 Å². The Bertz CT molecular complexity index is 1120. The Morgan fingerprint density at radius 2 is 1.88 bits per heavy atom. The molecule has 0 spiro atoms. The van der Waals surface area contributed by atoms with Crippen LogP contribution in [0.25, 0.3) is 10.9 Å². The molecule has 3 aromatic rings. The monoisotopic (exact) mass is 431 g/mol. The van der Waals surface area contributed by atoms with Crippen molar-refractivity contribution in [1.82, 2.24) is 25.1 Å². The molecule has 166 valence electrons. The first kappa shape index (κ1) is 20.6. The molecular formula is C25H29N5O2. The van der Waals surface area contributed by atoms with Gasteiger partial charge in [0, 0.05) is 57.0 Å². The number of aromatic amines is 2. The van der Waals surface area contributed by atoms with Crippen LogP contribution < -0.4 is 5.32 Å². The van der Waals surface area contributed by atoms with E-state index in [1.807, 2.05) is 11.0 Å². The standard InChI is InChI=1S/C25H29N5O2/c1-2-23(31)30-15-19-13-29(14-20(19)16-30)12-18-5-3-6-21-17(11-28-24(18)21)8-10-27-25(32)22-7-4-9-26-22/h2-7,9,11,19-20,26,28H,1,8,10,12-16H2,(H,27,32)/t19-,20+. The number of carbonyl (C=O) groups is 2. The molecule has 3 N–H and O–H groups in total. The number of likely N-dealkylation sites (tertiary alicyclic amines) is 2. The molecule has 2 fully saturated rings. The highest BCUT2D eigenvalue weighted by atomic mass is 16.2. The molecule has 7 heteroatoms. The van der Waals surface area contributed by atoms with Gasteiger partial charge >= 0.3 is 0 Å². The van der Waals surface area contributed by atoms with E-state index in [0.717, 1.165) is 39.1 Å². The van der Waals surface area contributed by atoms with E-state index < -0.39 is 0 Å². The minimum Gasteiger partial charge on any atom is -0.361 e. The van der Waals surface area contributed by atoms with Gasteiger partial charge in [0.05, 0.1) is 5.52 Å². The molecule has 2 aliphatic heterocycles. The average molecular weight is 432 g/mol. The van der Waals surface area contributed by atoms with Crippen molar-refractivity contribution in [3.05, 3.63) is 72.2 Å². The molecule has 0 bridgehead atoms. The maximum absolute atomic E-state index is 12.1. The van der Waals surface area contributed by atoms with E-state index in [4.69, 9.17) is 0 Å². The lowest BCUT2D eigenvalue weighted by atomic mass is 10.0. The summed E-state index contributed by atoms with van der Waals surface area (Å²) in [4.78, 5) is 34.9. The highest BCUT2D eigenvalue weighted by Crippen LogP contribution is 2.33. The second-order valence-electron chi connectivity index (χ2n) is 8.90. The number of fused-ring (bicyclic) bond motifs is 2. The minimum atomic E-state index is -0.0801. The average Bonchev–Trinajstić information content (AvgIpc) is 3.57. The number of nitrogens with zero attached hydrogens (tertiary/aromatic N) is 2. The molecular weight excluding hydrogens is 402 g/mol. The van der Waals surface area contributed by atoms with Gasteiger partial charge in [0.25, 0.3) is 5.91 Å². The van der Waals surface area contributed by atoms with Gasteiger partial charge in [0.15, 0.2) is 0 Å². The number of amides is 2. The zero-order valence-electron chi connectivity index (χ0n) is 18.1. The van der Waals surface area contributed by atoms with Gasteiger partial charge in [-0.1, -0.05) is 24.8 Å². The second-order valence-corrected chi connectivity index (χ2v) is 8.90.